The number of nitrogens with one attached hydrogen (secondary N) is 1. The Morgan fingerprint density at radius 2 is 1.82 bits per heavy atom. The summed E-state index contributed by atoms with van der Waals surface area (Å²) >= 11 is 0. The number of fused-ring (bicyclic) bond motifs is 2. The molecule has 0 saturated heterocycles. The summed E-state index contributed by atoms with van der Waals surface area (Å²) in [6.07, 6.45) is 0.112. The fourth-order valence-corrected chi connectivity index (χ4v) is 4.92. The number of amidine groups is 1. The van der Waals surface area contributed by atoms with Gasteiger partial charge in [0.25, 0.3) is 0 Å². The first-order chi connectivity index (χ1) is 17.5. The molecular formula is C27H31BrFN3O6. The van der Waals surface area contributed by atoms with Gasteiger partial charge in [0.05, 0.1) is 25.3 Å². The highest BCUT2D eigenvalue weighted by Crippen LogP contribution is 2.41. The zero-order valence-electron chi connectivity index (χ0n) is 21.7. The van der Waals surface area contributed by atoms with E-state index >= 15 is 4.39 Å². The lowest BCUT2D eigenvalue weighted by Crippen LogP contribution is -2.44. The minimum Gasteiger partial charge on any atom is -0.490 e. The lowest BCUT2D eigenvalue weighted by atomic mass is 9.76. The molecule has 2 aromatic rings. The van der Waals surface area contributed by atoms with Gasteiger partial charge >= 0.3 is 5.97 Å². The van der Waals surface area contributed by atoms with Crippen LogP contribution >= 0.6 is 17.0 Å². The molecule has 2 heterocycles. The number of rotatable bonds is 9. The number of halogens is 2. The molecule has 2 N–H and O–H groups in total. The first kappa shape index (κ1) is 29.1. The number of carboxylic acids is 1. The van der Waals surface area contributed by atoms with Crippen LogP contribution in [-0.4, -0.2) is 59.8 Å². The molecule has 2 aliphatic heterocycles. The Labute approximate surface area is 230 Å². The number of aliphatic carboxylic acids is 1. The van der Waals surface area contributed by atoms with E-state index in [-0.39, 0.29) is 77.7 Å². The molecule has 11 heteroatoms. The van der Waals surface area contributed by atoms with Gasteiger partial charge < -0.3 is 24.4 Å². The van der Waals surface area contributed by atoms with Gasteiger partial charge in [0.1, 0.15) is 12.4 Å². The van der Waals surface area contributed by atoms with Crippen LogP contribution in [0.25, 0.3) is 0 Å². The summed E-state index contributed by atoms with van der Waals surface area (Å²) in [6, 6.07) is 6.49. The predicted octanol–water partition coefficient (Wildman–Crippen LogP) is 4.32. The van der Waals surface area contributed by atoms with E-state index in [2.05, 4.69) is 0 Å². The van der Waals surface area contributed by atoms with Gasteiger partial charge in [-0.25, -0.2) is 4.39 Å². The minimum atomic E-state index is -1.13. The van der Waals surface area contributed by atoms with E-state index < -0.39 is 23.7 Å². The Kier molecular flexibility index (Phi) is 8.50. The SMILES string of the molecule is Br.CCOc1cc2c(c(F)c1OCC)C(=N)N(CC(=O)c1ccc3c(c1)C(C)(C)CC(=O)N3CC(=O)O)C2. The smallest absolute Gasteiger partial charge is 0.323 e. The summed E-state index contributed by atoms with van der Waals surface area (Å²) in [6.45, 7) is 7.36. The van der Waals surface area contributed by atoms with Crippen molar-refractivity contribution in [3.8, 4) is 11.5 Å². The van der Waals surface area contributed by atoms with Crippen LogP contribution in [0.4, 0.5) is 10.1 Å². The van der Waals surface area contributed by atoms with Crippen LogP contribution in [0.15, 0.2) is 24.3 Å². The monoisotopic (exact) mass is 591 g/mol. The Balaban J connectivity index is 0.00000400. The maximum absolute atomic E-state index is 15.3. The molecule has 2 aliphatic rings. The molecule has 204 valence electrons. The van der Waals surface area contributed by atoms with E-state index in [4.69, 9.17) is 14.9 Å². The number of Topliss-reactive ketones (excluding diaryl/α,β-unsaturated/α-hetero) is 1. The molecule has 0 fully saturated rings. The Bertz CT molecular complexity index is 1310. The second-order valence-electron chi connectivity index (χ2n) is 9.71. The lowest BCUT2D eigenvalue weighted by molar-refractivity contribution is -0.137. The summed E-state index contributed by atoms with van der Waals surface area (Å²) in [5.41, 5.74) is 1.57. The number of anilines is 1. The maximum Gasteiger partial charge on any atom is 0.323 e. The molecule has 4 rings (SSSR count). The molecule has 0 unspecified atom stereocenters. The third-order valence-electron chi connectivity index (χ3n) is 6.63. The van der Waals surface area contributed by atoms with Crippen LogP contribution in [0.2, 0.25) is 0 Å². The largest absolute Gasteiger partial charge is 0.490 e. The van der Waals surface area contributed by atoms with Gasteiger partial charge in [0.2, 0.25) is 5.91 Å². The van der Waals surface area contributed by atoms with Crippen molar-refractivity contribution in [2.45, 2.75) is 46.1 Å². The van der Waals surface area contributed by atoms with Crippen LogP contribution in [0, 0.1) is 11.2 Å². The third kappa shape index (κ3) is 5.24. The number of carboxylic acid groups (broad SMARTS) is 1. The van der Waals surface area contributed by atoms with Gasteiger partial charge in [-0.2, -0.15) is 0 Å². The number of ketones is 1. The second-order valence-corrected chi connectivity index (χ2v) is 9.71. The molecule has 0 saturated carbocycles. The first-order valence-electron chi connectivity index (χ1n) is 12.1. The maximum atomic E-state index is 15.3. The van der Waals surface area contributed by atoms with Crippen molar-refractivity contribution in [2.24, 2.45) is 0 Å². The molecular weight excluding hydrogens is 561 g/mol. The standard InChI is InChI=1S/C27H30FN3O6.BrH/c1-5-36-20-10-16-12-30(26(29)23(16)24(28)25(20)37-6-2)13-19(32)15-7-8-18-17(9-15)27(3,4)11-21(33)31(18)14-22(34)35;/h7-10,29H,5-6,11-14H2,1-4H3,(H,34,35);1H. The number of benzene rings is 2. The highest BCUT2D eigenvalue weighted by molar-refractivity contribution is 8.93. The quantitative estimate of drug-likeness (QED) is 0.416. The van der Waals surface area contributed by atoms with E-state index in [0.29, 0.717) is 29.0 Å². The van der Waals surface area contributed by atoms with Crippen molar-refractivity contribution in [2.75, 3.05) is 31.2 Å². The highest BCUT2D eigenvalue weighted by Gasteiger charge is 2.38. The van der Waals surface area contributed by atoms with Crippen LogP contribution in [0.3, 0.4) is 0 Å². The Morgan fingerprint density at radius 3 is 2.45 bits per heavy atom. The predicted molar refractivity (Wildman–Crippen MR) is 145 cm³/mol. The Morgan fingerprint density at radius 1 is 1.13 bits per heavy atom. The summed E-state index contributed by atoms with van der Waals surface area (Å²) in [5.74, 6) is -2.27. The Hall–Kier alpha value is -3.47. The number of carbonyl (C=O) groups excluding carboxylic acids is 2. The summed E-state index contributed by atoms with van der Waals surface area (Å²) in [4.78, 5) is 39.9. The first-order valence-corrected chi connectivity index (χ1v) is 12.1. The fourth-order valence-electron chi connectivity index (χ4n) is 4.92. The number of nitrogens with zero attached hydrogens (tertiary/aromatic N) is 2. The molecule has 0 bridgehead atoms. The van der Waals surface area contributed by atoms with E-state index in [1.54, 1.807) is 38.1 Å². The van der Waals surface area contributed by atoms with Crippen LogP contribution < -0.4 is 14.4 Å². The van der Waals surface area contributed by atoms with Crippen molar-refractivity contribution >= 4 is 46.2 Å². The van der Waals surface area contributed by atoms with E-state index in [9.17, 15) is 19.5 Å². The van der Waals surface area contributed by atoms with Gasteiger partial charge in [0.15, 0.2) is 23.1 Å². The van der Waals surface area contributed by atoms with Crippen molar-refractivity contribution in [1.82, 2.24) is 4.90 Å². The third-order valence-corrected chi connectivity index (χ3v) is 6.63. The normalized spacial score (nSPS) is 15.5. The van der Waals surface area contributed by atoms with E-state index in [0.717, 1.165) is 0 Å². The number of amides is 1. The molecule has 9 nitrogen and oxygen atoms in total. The van der Waals surface area contributed by atoms with E-state index in [1.807, 2.05) is 13.8 Å². The molecule has 0 aliphatic carbocycles. The average Bonchev–Trinajstić information content (AvgIpc) is 3.13. The van der Waals surface area contributed by atoms with Gasteiger partial charge in [-0.3, -0.25) is 19.8 Å². The van der Waals surface area contributed by atoms with Crippen molar-refractivity contribution < 1.29 is 33.4 Å². The topological polar surface area (TPSA) is 120 Å². The van der Waals surface area contributed by atoms with Crippen LogP contribution in [0.5, 0.6) is 11.5 Å². The molecule has 38 heavy (non-hydrogen) atoms. The summed E-state index contributed by atoms with van der Waals surface area (Å²) in [7, 11) is 0. The van der Waals surface area contributed by atoms with Crippen molar-refractivity contribution in [3.05, 3.63) is 52.3 Å². The molecule has 0 atom stereocenters. The molecule has 1 amide bonds. The van der Waals surface area contributed by atoms with Gasteiger partial charge in [-0.05, 0) is 49.2 Å². The molecule has 0 spiro atoms. The number of hydrogen-bond acceptors (Lipinski definition) is 6. The minimum absolute atomic E-state index is 0. The fraction of sp³-hybridized carbons (Fsp3) is 0.407. The zero-order chi connectivity index (χ0) is 27.1. The number of hydrogen-bond donors (Lipinski definition) is 2. The lowest BCUT2D eigenvalue weighted by Gasteiger charge is -2.38. The number of ether oxygens (including phenoxy) is 2. The number of carbonyl (C=O) groups is 3. The summed E-state index contributed by atoms with van der Waals surface area (Å²) in [5, 5.41) is 17.8. The van der Waals surface area contributed by atoms with Crippen molar-refractivity contribution in [1.29, 1.82) is 5.41 Å². The zero-order valence-corrected chi connectivity index (χ0v) is 23.4. The van der Waals surface area contributed by atoms with Gasteiger partial charge in [-0.1, -0.05) is 13.8 Å². The second kappa shape index (κ2) is 11.1. The van der Waals surface area contributed by atoms with E-state index in [1.165, 1.54) is 9.80 Å². The molecule has 0 aromatic heterocycles. The van der Waals surface area contributed by atoms with Crippen LogP contribution in [-0.2, 0) is 21.5 Å². The van der Waals surface area contributed by atoms with Gasteiger partial charge in [0, 0.05) is 29.6 Å². The van der Waals surface area contributed by atoms with Gasteiger partial charge in [-0.15, -0.1) is 17.0 Å². The highest BCUT2D eigenvalue weighted by atomic mass is 79.9. The molecule has 0 radical (unpaired) electrons. The molecule has 2 aromatic carbocycles. The average molecular weight is 592 g/mol. The van der Waals surface area contributed by atoms with Crippen LogP contribution in [0.1, 0.15) is 61.2 Å². The summed E-state index contributed by atoms with van der Waals surface area (Å²) < 4.78 is 26.3. The van der Waals surface area contributed by atoms with Crippen molar-refractivity contribution in [3.63, 3.8) is 0 Å².